The lowest BCUT2D eigenvalue weighted by atomic mass is 9.88. The molecule has 0 spiro atoms. The van der Waals surface area contributed by atoms with E-state index in [0.29, 0.717) is 5.06 Å². The zero-order valence-corrected chi connectivity index (χ0v) is 15.9. The molecule has 1 heterocycles. The number of hydrogen-bond acceptors (Lipinski definition) is 9. The lowest BCUT2D eigenvalue weighted by Crippen LogP contribution is -2.48. The standard InChI is InChI=1S/C19H18N2O9/c1-10(22)18(25)20(2)30-19(26)16-12(7-14(23)8-15(16)24)9-29-17(19)11-3-5-13(6-4-11)21(27)28/h3-8,17,23-24,26H,9H2,1-2H3. The summed E-state index contributed by atoms with van der Waals surface area (Å²) in [7, 11) is 1.10. The first-order valence-electron chi connectivity index (χ1n) is 8.66. The van der Waals surface area contributed by atoms with Gasteiger partial charge in [0.25, 0.3) is 11.5 Å². The number of ketones is 1. The van der Waals surface area contributed by atoms with E-state index in [4.69, 9.17) is 9.57 Å². The van der Waals surface area contributed by atoms with Crippen LogP contribution in [0.2, 0.25) is 0 Å². The second-order valence-electron chi connectivity index (χ2n) is 6.69. The van der Waals surface area contributed by atoms with Gasteiger partial charge in [-0.05, 0) is 29.3 Å². The van der Waals surface area contributed by atoms with Crippen LogP contribution in [0, 0.1) is 10.1 Å². The number of phenolic OH excluding ortho intramolecular Hbond substituents is 2. The Kier molecular flexibility index (Phi) is 5.44. The van der Waals surface area contributed by atoms with Crippen LogP contribution in [0.25, 0.3) is 0 Å². The number of ether oxygens (including phenoxy) is 1. The van der Waals surface area contributed by atoms with Crippen molar-refractivity contribution in [3.63, 3.8) is 0 Å². The fourth-order valence-electron chi connectivity index (χ4n) is 3.27. The van der Waals surface area contributed by atoms with Gasteiger partial charge < -0.3 is 20.1 Å². The number of rotatable bonds is 5. The van der Waals surface area contributed by atoms with E-state index < -0.39 is 34.3 Å². The summed E-state index contributed by atoms with van der Waals surface area (Å²) in [5, 5.41) is 43.0. The maximum absolute atomic E-state index is 12.0. The number of nitro benzene ring substituents is 1. The Morgan fingerprint density at radius 3 is 2.47 bits per heavy atom. The number of carbonyl (C=O) groups excluding carboxylic acids is 2. The highest BCUT2D eigenvalue weighted by Gasteiger charge is 2.50. The maximum atomic E-state index is 12.0. The van der Waals surface area contributed by atoms with Gasteiger partial charge in [-0.25, -0.2) is 9.90 Å². The summed E-state index contributed by atoms with van der Waals surface area (Å²) in [6.07, 6.45) is -1.34. The molecule has 2 unspecified atom stereocenters. The van der Waals surface area contributed by atoms with Crippen molar-refractivity contribution in [2.24, 2.45) is 0 Å². The number of non-ortho nitro benzene ring substituents is 1. The first kappa shape index (κ1) is 21.2. The number of carbonyl (C=O) groups is 2. The molecule has 0 fully saturated rings. The Morgan fingerprint density at radius 2 is 1.90 bits per heavy atom. The molecule has 1 amide bonds. The molecule has 11 nitrogen and oxygen atoms in total. The minimum absolute atomic E-state index is 0.158. The van der Waals surface area contributed by atoms with Gasteiger partial charge in [0.15, 0.2) is 0 Å². The van der Waals surface area contributed by atoms with Crippen molar-refractivity contribution in [3.05, 3.63) is 63.2 Å². The number of Topliss-reactive ketones (excluding diaryl/α,β-unsaturated/α-hetero) is 1. The molecular formula is C19H18N2O9. The van der Waals surface area contributed by atoms with Crippen molar-refractivity contribution in [2.75, 3.05) is 7.05 Å². The van der Waals surface area contributed by atoms with Crippen molar-refractivity contribution in [1.29, 1.82) is 0 Å². The zero-order chi connectivity index (χ0) is 22.2. The van der Waals surface area contributed by atoms with E-state index in [1.54, 1.807) is 0 Å². The quantitative estimate of drug-likeness (QED) is 0.282. The number of nitrogens with zero attached hydrogens (tertiary/aromatic N) is 2. The largest absolute Gasteiger partial charge is 0.508 e. The fourth-order valence-corrected chi connectivity index (χ4v) is 3.27. The molecule has 3 N–H and O–H groups in total. The molecule has 3 rings (SSSR count). The number of fused-ring (bicyclic) bond motifs is 1. The molecule has 158 valence electrons. The second kappa shape index (κ2) is 7.71. The van der Waals surface area contributed by atoms with Gasteiger partial charge in [0.05, 0.1) is 17.1 Å². The number of aliphatic hydroxyl groups is 1. The van der Waals surface area contributed by atoms with Crippen LogP contribution >= 0.6 is 0 Å². The predicted molar refractivity (Wildman–Crippen MR) is 98.8 cm³/mol. The first-order valence-corrected chi connectivity index (χ1v) is 8.66. The monoisotopic (exact) mass is 418 g/mol. The minimum atomic E-state index is -2.51. The number of likely N-dealkylation sites (N-methyl/N-ethyl adjacent to an activating group) is 1. The highest BCUT2D eigenvalue weighted by molar-refractivity contribution is 6.34. The molecule has 0 aliphatic carbocycles. The minimum Gasteiger partial charge on any atom is -0.508 e. The third-order valence-corrected chi connectivity index (χ3v) is 4.57. The number of hydrogen-bond donors (Lipinski definition) is 3. The van der Waals surface area contributed by atoms with Crippen molar-refractivity contribution in [1.82, 2.24) is 5.06 Å². The van der Waals surface area contributed by atoms with Crippen molar-refractivity contribution >= 4 is 17.4 Å². The smallest absolute Gasteiger partial charge is 0.313 e. The molecule has 0 radical (unpaired) electrons. The molecule has 1 aliphatic rings. The van der Waals surface area contributed by atoms with E-state index in [1.165, 1.54) is 30.3 Å². The van der Waals surface area contributed by atoms with E-state index in [9.17, 15) is 35.0 Å². The summed E-state index contributed by atoms with van der Waals surface area (Å²) in [6.45, 7) is 0.857. The van der Waals surface area contributed by atoms with Crippen molar-refractivity contribution in [3.8, 4) is 11.5 Å². The van der Waals surface area contributed by atoms with Crippen LogP contribution in [-0.2, 0) is 31.6 Å². The topological polar surface area (TPSA) is 160 Å². The summed E-state index contributed by atoms with van der Waals surface area (Å²) in [4.78, 5) is 39.1. The van der Waals surface area contributed by atoms with E-state index in [1.807, 2.05) is 0 Å². The molecule has 11 heteroatoms. The molecule has 0 saturated heterocycles. The van der Waals surface area contributed by atoms with Crippen molar-refractivity contribution in [2.45, 2.75) is 25.4 Å². The second-order valence-corrected chi connectivity index (χ2v) is 6.69. The highest BCUT2D eigenvalue weighted by Crippen LogP contribution is 2.49. The Balaban J connectivity index is 2.12. The number of nitro groups is 1. The van der Waals surface area contributed by atoms with Crippen LogP contribution in [0.4, 0.5) is 5.69 Å². The Labute approximate surface area is 169 Å². The molecule has 2 aromatic rings. The molecule has 2 aromatic carbocycles. The molecule has 30 heavy (non-hydrogen) atoms. The summed E-state index contributed by atoms with van der Waals surface area (Å²) in [5.41, 5.74) is 0.0379. The SMILES string of the molecule is CC(=O)C(=O)N(C)OC1(O)c2c(O)cc(O)cc2COC1c1ccc([N+](=O)[O-])cc1. The lowest BCUT2D eigenvalue weighted by Gasteiger charge is -2.42. The Bertz CT molecular complexity index is 1020. The normalized spacial score (nSPS) is 20.3. The number of aromatic hydroxyl groups is 2. The summed E-state index contributed by atoms with van der Waals surface area (Å²) < 4.78 is 5.67. The van der Waals surface area contributed by atoms with Gasteiger partial charge in [0, 0.05) is 32.2 Å². The Hall–Kier alpha value is -3.54. The molecule has 1 aliphatic heterocycles. The average molecular weight is 418 g/mol. The number of phenols is 2. The van der Waals surface area contributed by atoms with Crippen LogP contribution in [0.3, 0.4) is 0 Å². The molecule has 2 atom stereocenters. The fraction of sp³-hybridized carbons (Fsp3) is 0.263. The molecule has 0 bridgehead atoms. The van der Waals surface area contributed by atoms with Gasteiger partial charge in [0.2, 0.25) is 5.78 Å². The number of amides is 1. The van der Waals surface area contributed by atoms with Gasteiger partial charge in [-0.15, -0.1) is 0 Å². The van der Waals surface area contributed by atoms with Crippen molar-refractivity contribution < 1.29 is 39.4 Å². The number of hydroxylamine groups is 2. The summed E-state index contributed by atoms with van der Waals surface area (Å²) in [5.74, 6) is -5.27. The van der Waals surface area contributed by atoms with E-state index >= 15 is 0 Å². The molecule has 0 aromatic heterocycles. The van der Waals surface area contributed by atoms with Crippen LogP contribution in [0.5, 0.6) is 11.5 Å². The van der Waals surface area contributed by atoms with Gasteiger partial charge in [-0.1, -0.05) is 0 Å². The van der Waals surface area contributed by atoms with Gasteiger partial charge in [0.1, 0.15) is 17.6 Å². The maximum Gasteiger partial charge on any atom is 0.313 e. The highest BCUT2D eigenvalue weighted by atomic mass is 16.8. The molecular weight excluding hydrogens is 400 g/mol. The van der Waals surface area contributed by atoms with Gasteiger partial charge in [-0.3, -0.25) is 19.7 Å². The van der Waals surface area contributed by atoms with Crippen LogP contribution < -0.4 is 0 Å². The average Bonchev–Trinajstić information content (AvgIpc) is 2.66. The molecule has 0 saturated carbocycles. The third kappa shape index (κ3) is 3.68. The van der Waals surface area contributed by atoms with E-state index in [2.05, 4.69) is 0 Å². The van der Waals surface area contributed by atoms with E-state index in [0.717, 1.165) is 20.0 Å². The first-order chi connectivity index (χ1) is 14.0. The predicted octanol–water partition coefficient (Wildman–Crippen LogP) is 1.40. The zero-order valence-electron chi connectivity index (χ0n) is 15.9. The van der Waals surface area contributed by atoms with Gasteiger partial charge >= 0.3 is 5.91 Å². The van der Waals surface area contributed by atoms with Crippen LogP contribution in [-0.4, -0.2) is 44.0 Å². The summed E-state index contributed by atoms with van der Waals surface area (Å²) in [6, 6.07) is 7.24. The number of benzene rings is 2. The third-order valence-electron chi connectivity index (χ3n) is 4.57. The van der Waals surface area contributed by atoms with Gasteiger partial charge in [-0.2, -0.15) is 0 Å². The Morgan fingerprint density at radius 1 is 1.27 bits per heavy atom. The summed E-state index contributed by atoms with van der Waals surface area (Å²) >= 11 is 0. The lowest BCUT2D eigenvalue weighted by molar-refractivity contribution is -0.385. The van der Waals surface area contributed by atoms with Crippen LogP contribution in [0.1, 0.15) is 29.7 Å². The van der Waals surface area contributed by atoms with Crippen LogP contribution in [0.15, 0.2) is 36.4 Å². The van der Waals surface area contributed by atoms with E-state index in [-0.39, 0.29) is 34.7 Å².